The summed E-state index contributed by atoms with van der Waals surface area (Å²) in [5.41, 5.74) is 7.03. The number of rotatable bonds is 13. The predicted molar refractivity (Wildman–Crippen MR) is 211 cm³/mol. The zero-order valence-corrected chi connectivity index (χ0v) is 31.5. The van der Waals surface area contributed by atoms with Crippen molar-refractivity contribution < 1.29 is 14.7 Å². The molecule has 0 spiro atoms. The number of anilines is 2. The van der Waals surface area contributed by atoms with Gasteiger partial charge in [-0.05, 0) is 68.7 Å². The van der Waals surface area contributed by atoms with E-state index in [9.17, 15) is 14.7 Å². The minimum absolute atomic E-state index is 0.129. The zero-order chi connectivity index (χ0) is 36.5. The van der Waals surface area contributed by atoms with Crippen LogP contribution in [0.25, 0.3) is 32.6 Å². The van der Waals surface area contributed by atoms with Gasteiger partial charge < -0.3 is 26.4 Å². The number of carboxylic acid groups (broad SMARTS) is 1. The smallest absolute Gasteiger partial charge is 0.306 e. The first-order chi connectivity index (χ1) is 25.8. The van der Waals surface area contributed by atoms with Crippen LogP contribution in [-0.2, 0) is 22.7 Å². The van der Waals surface area contributed by atoms with E-state index in [-0.39, 0.29) is 23.9 Å². The Bertz CT molecular complexity index is 2170. The number of hydrogen-bond acceptors (Lipinski definition) is 9. The summed E-state index contributed by atoms with van der Waals surface area (Å²) in [6, 6.07) is 18.4. The number of amides is 1. The second-order valence-electron chi connectivity index (χ2n) is 14.3. The van der Waals surface area contributed by atoms with E-state index >= 15 is 0 Å². The maximum absolute atomic E-state index is 11.6. The van der Waals surface area contributed by atoms with Crippen LogP contribution in [0.3, 0.4) is 0 Å². The molecule has 5 N–H and O–H groups in total. The van der Waals surface area contributed by atoms with Gasteiger partial charge in [0.1, 0.15) is 10.5 Å². The van der Waals surface area contributed by atoms with Crippen LogP contribution in [0.4, 0.5) is 11.5 Å². The lowest BCUT2D eigenvalue weighted by molar-refractivity contribution is -0.142. The topological polar surface area (TPSA) is 141 Å². The summed E-state index contributed by atoms with van der Waals surface area (Å²) in [6.07, 6.45) is 8.61. The molecule has 13 heteroatoms. The van der Waals surface area contributed by atoms with Crippen LogP contribution in [0, 0.1) is 5.92 Å². The molecule has 0 bridgehead atoms. The molecule has 2 aliphatic carbocycles. The van der Waals surface area contributed by atoms with Crippen molar-refractivity contribution in [2.75, 3.05) is 11.9 Å². The van der Waals surface area contributed by atoms with Gasteiger partial charge in [0.15, 0.2) is 5.82 Å². The molecule has 3 fully saturated rings. The van der Waals surface area contributed by atoms with Crippen LogP contribution in [0.2, 0.25) is 10.0 Å². The van der Waals surface area contributed by atoms with Gasteiger partial charge in [-0.2, -0.15) is 0 Å². The Balaban J connectivity index is 0.988. The Morgan fingerprint density at radius 1 is 0.887 bits per heavy atom. The number of hydrogen-bond donors (Lipinski definition) is 5. The molecule has 8 rings (SSSR count). The Morgan fingerprint density at radius 2 is 1.66 bits per heavy atom. The summed E-state index contributed by atoms with van der Waals surface area (Å²) in [7, 11) is 0. The Kier molecular flexibility index (Phi) is 10.6. The van der Waals surface area contributed by atoms with Crippen molar-refractivity contribution in [2.45, 2.75) is 82.5 Å². The van der Waals surface area contributed by atoms with E-state index in [2.05, 4.69) is 32.3 Å². The molecule has 5 aromatic rings. The van der Waals surface area contributed by atoms with Crippen molar-refractivity contribution in [3.8, 4) is 22.4 Å². The highest BCUT2D eigenvalue weighted by Crippen LogP contribution is 2.44. The third-order valence-corrected chi connectivity index (χ3v) is 12.4. The van der Waals surface area contributed by atoms with Gasteiger partial charge in [-0.1, -0.05) is 59.6 Å². The second-order valence-corrected chi connectivity index (χ2v) is 16.2. The maximum atomic E-state index is 11.6. The van der Waals surface area contributed by atoms with Gasteiger partial charge in [0.2, 0.25) is 5.91 Å². The molecule has 4 heterocycles. The average molecular weight is 771 g/mol. The standard InChI is InChI=1S/C40H41Cl2N7O3S/c41-35-27(3-1-5-29(35)30-15-11-24(37(47-30)22-7-8-22)19-43-20-26-14-16-33(50)46-26)28-4-2-6-31(36(28)42)48-39-38-32(17-18-44-39)53-34(49-38)21-45-25-12-9-23(10-13-25)40(51)52/h1-6,11,15,17-18,22-23,25-26,43,45H,7-10,12-14,16,19-21H2,(H,44,48)(H,46,50)(H,51,52)/t23-,25-,26-/m0/s1. The third kappa shape index (κ3) is 8.05. The fourth-order valence-corrected chi connectivity index (χ4v) is 8.99. The van der Waals surface area contributed by atoms with E-state index in [1.165, 1.54) is 5.56 Å². The summed E-state index contributed by atoms with van der Waals surface area (Å²) < 4.78 is 1.01. The zero-order valence-electron chi connectivity index (χ0n) is 29.1. The predicted octanol–water partition coefficient (Wildman–Crippen LogP) is 8.45. The van der Waals surface area contributed by atoms with E-state index in [1.54, 1.807) is 17.5 Å². The van der Waals surface area contributed by atoms with E-state index in [0.29, 0.717) is 59.8 Å². The number of nitrogens with one attached hydrogen (secondary N) is 4. The summed E-state index contributed by atoms with van der Waals surface area (Å²) >= 11 is 15.9. The van der Waals surface area contributed by atoms with Crippen LogP contribution in [0.15, 0.2) is 60.8 Å². The van der Waals surface area contributed by atoms with Crippen molar-refractivity contribution in [3.63, 3.8) is 0 Å². The minimum Gasteiger partial charge on any atom is -0.481 e. The molecule has 1 aliphatic heterocycles. The fourth-order valence-electron chi connectivity index (χ4n) is 7.47. The normalized spacial score (nSPS) is 20.1. The van der Waals surface area contributed by atoms with Crippen molar-refractivity contribution in [1.29, 1.82) is 0 Å². The van der Waals surface area contributed by atoms with Gasteiger partial charge in [-0.25, -0.2) is 9.97 Å². The SMILES string of the molecule is O=C1CC[C@@H](CNCc2ccc(-c3cccc(-c4cccc(Nc5nccc6sc(CN[C@H]7CC[C@H](C(=O)O)CC7)nc56)c4Cl)c3Cl)nc2C2CC2)N1. The highest BCUT2D eigenvalue weighted by Gasteiger charge is 2.29. The molecular formula is C40H41Cl2N7O3S. The summed E-state index contributed by atoms with van der Waals surface area (Å²) in [6.45, 7) is 2.06. The van der Waals surface area contributed by atoms with Crippen molar-refractivity contribution >= 4 is 68.1 Å². The average Bonchev–Trinajstić information content (AvgIpc) is 3.79. The minimum atomic E-state index is -0.691. The van der Waals surface area contributed by atoms with E-state index in [0.717, 1.165) is 82.0 Å². The van der Waals surface area contributed by atoms with Gasteiger partial charge in [0, 0.05) is 72.6 Å². The molecular weight excluding hydrogens is 729 g/mol. The molecule has 1 atom stereocenters. The Labute approximate surface area is 322 Å². The molecule has 3 aliphatic rings. The Hall–Kier alpha value is -4.13. The Morgan fingerprint density at radius 3 is 2.42 bits per heavy atom. The molecule has 274 valence electrons. The largest absolute Gasteiger partial charge is 0.481 e. The number of benzene rings is 2. The van der Waals surface area contributed by atoms with E-state index in [4.69, 9.17) is 33.2 Å². The second kappa shape index (κ2) is 15.7. The summed E-state index contributed by atoms with van der Waals surface area (Å²) in [4.78, 5) is 37.6. The number of fused-ring (bicyclic) bond motifs is 1. The molecule has 53 heavy (non-hydrogen) atoms. The summed E-state index contributed by atoms with van der Waals surface area (Å²) in [5, 5.41) is 24.9. The number of carbonyl (C=O) groups is 2. The molecule has 2 saturated carbocycles. The lowest BCUT2D eigenvalue weighted by Gasteiger charge is -2.26. The molecule has 0 radical (unpaired) electrons. The monoisotopic (exact) mass is 769 g/mol. The van der Waals surface area contributed by atoms with E-state index < -0.39 is 5.97 Å². The number of pyridine rings is 2. The molecule has 1 amide bonds. The van der Waals surface area contributed by atoms with Crippen LogP contribution in [-0.4, -0.2) is 50.6 Å². The first-order valence-electron chi connectivity index (χ1n) is 18.4. The highest BCUT2D eigenvalue weighted by atomic mass is 35.5. The number of thiazole rings is 1. The lowest BCUT2D eigenvalue weighted by atomic mass is 9.86. The highest BCUT2D eigenvalue weighted by molar-refractivity contribution is 7.18. The number of aromatic nitrogens is 3. The maximum Gasteiger partial charge on any atom is 0.306 e. The number of nitrogens with zero attached hydrogens (tertiary/aromatic N) is 3. The number of halogens is 2. The molecule has 3 aromatic heterocycles. The molecule has 10 nitrogen and oxygen atoms in total. The van der Waals surface area contributed by atoms with Gasteiger partial charge in [-0.15, -0.1) is 11.3 Å². The quantitative estimate of drug-likeness (QED) is 0.0798. The third-order valence-electron chi connectivity index (χ3n) is 10.6. The number of carboxylic acids is 1. The van der Waals surface area contributed by atoms with Gasteiger partial charge >= 0.3 is 5.97 Å². The van der Waals surface area contributed by atoms with Crippen LogP contribution in [0.5, 0.6) is 0 Å². The fraction of sp³-hybridized carbons (Fsp3) is 0.375. The van der Waals surface area contributed by atoms with Gasteiger partial charge in [0.05, 0.1) is 32.0 Å². The lowest BCUT2D eigenvalue weighted by Crippen LogP contribution is -2.35. The first kappa shape index (κ1) is 35.9. The number of aliphatic carboxylic acids is 1. The molecule has 2 aromatic carbocycles. The van der Waals surface area contributed by atoms with Gasteiger partial charge in [0.25, 0.3) is 0 Å². The first-order valence-corrected chi connectivity index (χ1v) is 19.9. The van der Waals surface area contributed by atoms with Crippen molar-refractivity contribution in [1.82, 2.24) is 30.9 Å². The van der Waals surface area contributed by atoms with Gasteiger partial charge in [-0.3, -0.25) is 14.6 Å². The van der Waals surface area contributed by atoms with Crippen molar-refractivity contribution in [3.05, 3.63) is 87.1 Å². The molecule has 1 saturated heterocycles. The van der Waals surface area contributed by atoms with Crippen molar-refractivity contribution in [2.24, 2.45) is 5.92 Å². The van der Waals surface area contributed by atoms with Crippen LogP contribution < -0.4 is 21.3 Å². The van der Waals surface area contributed by atoms with Crippen LogP contribution >= 0.6 is 34.5 Å². The van der Waals surface area contributed by atoms with Crippen LogP contribution in [0.1, 0.15) is 73.5 Å². The number of carbonyl (C=O) groups excluding carboxylic acids is 1. The van der Waals surface area contributed by atoms with E-state index in [1.807, 2.05) is 48.5 Å². The summed E-state index contributed by atoms with van der Waals surface area (Å²) in [5.74, 6) is 0.271. The molecule has 0 unspecified atom stereocenters.